The number of benzene rings is 2. The molecule has 0 spiro atoms. The molecule has 2 aromatic rings. The van der Waals surface area contributed by atoms with Gasteiger partial charge in [0.15, 0.2) is 6.10 Å². The molecule has 1 atom stereocenters. The Labute approximate surface area is 151 Å². The van der Waals surface area contributed by atoms with E-state index in [9.17, 15) is 4.79 Å². The van der Waals surface area contributed by atoms with Crippen molar-refractivity contribution in [3.8, 4) is 5.75 Å². The SMILES string of the molecule is CCCCCCCCC(Oc1ccc2ccccc2c1)C(=O)OCC. The van der Waals surface area contributed by atoms with E-state index < -0.39 is 6.10 Å². The molecule has 0 radical (unpaired) electrons. The average Bonchev–Trinajstić information content (AvgIpc) is 2.63. The van der Waals surface area contributed by atoms with E-state index in [1.807, 2.05) is 37.3 Å². The van der Waals surface area contributed by atoms with Crippen molar-refractivity contribution in [1.82, 2.24) is 0 Å². The molecule has 25 heavy (non-hydrogen) atoms. The Kier molecular flexibility index (Phi) is 8.30. The number of carbonyl (C=O) groups is 1. The van der Waals surface area contributed by atoms with Crippen molar-refractivity contribution < 1.29 is 14.3 Å². The van der Waals surface area contributed by atoms with Crippen LogP contribution in [0.1, 0.15) is 58.8 Å². The first kappa shape index (κ1) is 19.3. The quantitative estimate of drug-likeness (QED) is 0.377. The molecule has 136 valence electrons. The first-order chi connectivity index (χ1) is 12.2. The van der Waals surface area contributed by atoms with E-state index in [1.165, 1.54) is 31.1 Å². The summed E-state index contributed by atoms with van der Waals surface area (Å²) in [6, 6.07) is 14.1. The number of carbonyl (C=O) groups excluding carboxylic acids is 1. The van der Waals surface area contributed by atoms with Gasteiger partial charge in [-0.15, -0.1) is 0 Å². The van der Waals surface area contributed by atoms with Gasteiger partial charge >= 0.3 is 5.97 Å². The van der Waals surface area contributed by atoms with Crippen LogP contribution in [0.3, 0.4) is 0 Å². The van der Waals surface area contributed by atoms with Crippen molar-refractivity contribution in [3.63, 3.8) is 0 Å². The summed E-state index contributed by atoms with van der Waals surface area (Å²) in [6.07, 6.45) is 7.33. The summed E-state index contributed by atoms with van der Waals surface area (Å²) in [7, 11) is 0. The van der Waals surface area contributed by atoms with Crippen LogP contribution in [0.25, 0.3) is 10.8 Å². The smallest absolute Gasteiger partial charge is 0.347 e. The summed E-state index contributed by atoms with van der Waals surface area (Å²) < 4.78 is 11.2. The Morgan fingerprint density at radius 3 is 2.40 bits per heavy atom. The van der Waals surface area contributed by atoms with Crippen molar-refractivity contribution in [1.29, 1.82) is 0 Å². The van der Waals surface area contributed by atoms with Gasteiger partial charge in [0.25, 0.3) is 0 Å². The highest BCUT2D eigenvalue weighted by molar-refractivity contribution is 5.84. The van der Waals surface area contributed by atoms with Crippen molar-refractivity contribution in [2.24, 2.45) is 0 Å². The van der Waals surface area contributed by atoms with Crippen LogP contribution in [-0.4, -0.2) is 18.7 Å². The lowest BCUT2D eigenvalue weighted by Crippen LogP contribution is -2.29. The summed E-state index contributed by atoms with van der Waals surface area (Å²) in [5.41, 5.74) is 0. The Bertz CT molecular complexity index is 651. The van der Waals surface area contributed by atoms with Crippen LogP contribution in [0.4, 0.5) is 0 Å². The molecule has 0 saturated heterocycles. The van der Waals surface area contributed by atoms with Gasteiger partial charge in [0.05, 0.1) is 6.61 Å². The van der Waals surface area contributed by atoms with Crippen molar-refractivity contribution in [3.05, 3.63) is 42.5 Å². The molecule has 0 aromatic heterocycles. The maximum absolute atomic E-state index is 12.2. The maximum Gasteiger partial charge on any atom is 0.347 e. The fourth-order valence-corrected chi connectivity index (χ4v) is 2.98. The Morgan fingerprint density at radius 2 is 1.64 bits per heavy atom. The van der Waals surface area contributed by atoms with E-state index >= 15 is 0 Å². The highest BCUT2D eigenvalue weighted by Gasteiger charge is 2.21. The summed E-state index contributed by atoms with van der Waals surface area (Å²) in [5, 5.41) is 2.28. The molecule has 0 saturated carbocycles. The molecule has 3 heteroatoms. The molecule has 0 aliphatic carbocycles. The molecule has 2 aromatic carbocycles. The molecular formula is C22H30O3. The molecule has 2 rings (SSSR count). The molecule has 3 nitrogen and oxygen atoms in total. The number of ether oxygens (including phenoxy) is 2. The number of rotatable bonds is 11. The lowest BCUT2D eigenvalue weighted by Gasteiger charge is -2.18. The third kappa shape index (κ3) is 6.41. The van der Waals surface area contributed by atoms with Crippen molar-refractivity contribution in [2.75, 3.05) is 6.61 Å². The molecule has 0 aliphatic rings. The van der Waals surface area contributed by atoms with E-state index in [0.29, 0.717) is 13.0 Å². The second-order valence-corrected chi connectivity index (χ2v) is 6.42. The molecular weight excluding hydrogens is 312 g/mol. The Balaban J connectivity index is 1.95. The zero-order valence-corrected chi connectivity index (χ0v) is 15.5. The Morgan fingerprint density at radius 1 is 0.920 bits per heavy atom. The minimum atomic E-state index is -0.521. The lowest BCUT2D eigenvalue weighted by molar-refractivity contribution is -0.151. The van der Waals surface area contributed by atoms with Crippen LogP contribution in [-0.2, 0) is 9.53 Å². The van der Waals surface area contributed by atoms with E-state index in [-0.39, 0.29) is 5.97 Å². The highest BCUT2D eigenvalue weighted by atomic mass is 16.6. The van der Waals surface area contributed by atoms with Crippen molar-refractivity contribution in [2.45, 2.75) is 64.9 Å². The van der Waals surface area contributed by atoms with Crippen LogP contribution < -0.4 is 4.74 Å². The van der Waals surface area contributed by atoms with Gasteiger partial charge < -0.3 is 9.47 Å². The zero-order valence-electron chi connectivity index (χ0n) is 15.5. The van der Waals surface area contributed by atoms with E-state index in [4.69, 9.17) is 9.47 Å². The predicted octanol–water partition coefficient (Wildman–Crippen LogP) is 5.90. The minimum Gasteiger partial charge on any atom is -0.479 e. The van der Waals surface area contributed by atoms with Gasteiger partial charge in [-0.3, -0.25) is 0 Å². The predicted molar refractivity (Wildman–Crippen MR) is 103 cm³/mol. The van der Waals surface area contributed by atoms with Crippen LogP contribution in [0.5, 0.6) is 5.75 Å². The third-order valence-corrected chi connectivity index (χ3v) is 4.37. The van der Waals surface area contributed by atoms with Crippen LogP contribution in [0, 0.1) is 0 Å². The molecule has 0 N–H and O–H groups in total. The number of hydrogen-bond acceptors (Lipinski definition) is 3. The molecule has 0 fully saturated rings. The van der Waals surface area contributed by atoms with E-state index in [2.05, 4.69) is 19.1 Å². The van der Waals surface area contributed by atoms with Gasteiger partial charge in [0, 0.05) is 0 Å². The van der Waals surface area contributed by atoms with Gasteiger partial charge in [-0.05, 0) is 42.7 Å². The fraction of sp³-hybridized carbons (Fsp3) is 0.500. The fourth-order valence-electron chi connectivity index (χ4n) is 2.98. The molecule has 1 unspecified atom stereocenters. The highest BCUT2D eigenvalue weighted by Crippen LogP contribution is 2.23. The van der Waals surface area contributed by atoms with Gasteiger partial charge in [-0.2, -0.15) is 0 Å². The monoisotopic (exact) mass is 342 g/mol. The zero-order chi connectivity index (χ0) is 17.9. The molecule has 0 aliphatic heterocycles. The summed E-state index contributed by atoms with van der Waals surface area (Å²) in [5.74, 6) is 0.465. The van der Waals surface area contributed by atoms with E-state index in [0.717, 1.165) is 24.0 Å². The normalized spacial score (nSPS) is 12.1. The largest absolute Gasteiger partial charge is 0.479 e. The number of unbranched alkanes of at least 4 members (excludes halogenated alkanes) is 5. The van der Waals surface area contributed by atoms with Gasteiger partial charge in [0.2, 0.25) is 0 Å². The first-order valence-corrected chi connectivity index (χ1v) is 9.56. The number of hydrogen-bond donors (Lipinski definition) is 0. The van der Waals surface area contributed by atoms with E-state index in [1.54, 1.807) is 0 Å². The summed E-state index contributed by atoms with van der Waals surface area (Å²) >= 11 is 0. The van der Waals surface area contributed by atoms with Gasteiger partial charge in [-0.25, -0.2) is 4.79 Å². The van der Waals surface area contributed by atoms with Gasteiger partial charge in [-0.1, -0.05) is 69.4 Å². The molecule has 0 bridgehead atoms. The average molecular weight is 342 g/mol. The van der Waals surface area contributed by atoms with Crippen LogP contribution in [0.2, 0.25) is 0 Å². The number of esters is 1. The maximum atomic E-state index is 12.2. The summed E-state index contributed by atoms with van der Waals surface area (Å²) in [6.45, 7) is 4.43. The second-order valence-electron chi connectivity index (χ2n) is 6.42. The lowest BCUT2D eigenvalue weighted by atomic mass is 10.1. The first-order valence-electron chi connectivity index (χ1n) is 9.56. The minimum absolute atomic E-state index is 0.260. The number of fused-ring (bicyclic) bond motifs is 1. The molecule has 0 amide bonds. The third-order valence-electron chi connectivity index (χ3n) is 4.37. The summed E-state index contributed by atoms with van der Waals surface area (Å²) in [4.78, 5) is 12.2. The van der Waals surface area contributed by atoms with Gasteiger partial charge in [0.1, 0.15) is 5.75 Å². The second kappa shape index (κ2) is 10.8. The van der Waals surface area contributed by atoms with Crippen molar-refractivity contribution >= 4 is 16.7 Å². The van der Waals surface area contributed by atoms with Crippen LogP contribution in [0.15, 0.2) is 42.5 Å². The van der Waals surface area contributed by atoms with Crippen LogP contribution >= 0.6 is 0 Å². The topological polar surface area (TPSA) is 35.5 Å². The molecule has 0 heterocycles. The standard InChI is InChI=1S/C22H30O3/c1-3-5-6-7-8-9-14-21(22(23)24-4-2)25-20-16-15-18-12-10-11-13-19(18)17-20/h10-13,15-17,21H,3-9,14H2,1-2H3. The Hall–Kier alpha value is -2.03.